The number of Topliss-reactive ketones (excluding diaryl/α,β-unsaturated/α-hetero) is 1. The second-order valence-corrected chi connectivity index (χ2v) is 7.67. The summed E-state index contributed by atoms with van der Waals surface area (Å²) in [6, 6.07) is 16.4. The summed E-state index contributed by atoms with van der Waals surface area (Å²) in [5, 5.41) is 9.61. The number of carbonyl (C=O) groups is 1. The lowest BCUT2D eigenvalue weighted by atomic mass is 10.0. The summed E-state index contributed by atoms with van der Waals surface area (Å²) >= 11 is 0. The van der Waals surface area contributed by atoms with Gasteiger partial charge in [0.1, 0.15) is 5.75 Å². The van der Waals surface area contributed by atoms with Gasteiger partial charge in [-0.15, -0.1) is 0 Å². The minimum atomic E-state index is 0.0998. The molecular weight excluding hydrogens is 364 g/mol. The summed E-state index contributed by atoms with van der Waals surface area (Å²) in [6.07, 6.45) is 0.751. The van der Waals surface area contributed by atoms with Crippen LogP contribution in [0, 0.1) is 0 Å². The molecule has 0 aromatic heterocycles. The van der Waals surface area contributed by atoms with Gasteiger partial charge in [0.05, 0.1) is 6.61 Å². The third kappa shape index (κ3) is 5.89. The first kappa shape index (κ1) is 21.5. The van der Waals surface area contributed by atoms with Crippen molar-refractivity contribution in [1.82, 2.24) is 9.80 Å². The number of aliphatic hydroxyl groups is 1. The van der Waals surface area contributed by atoms with E-state index < -0.39 is 0 Å². The SMILES string of the molecule is CCOc1ccccc1CN1CCN(Cc2cccc(C(C)=O)c2)C[C@@H]1CCO. The van der Waals surface area contributed by atoms with E-state index in [9.17, 15) is 9.90 Å². The molecule has 1 fully saturated rings. The number of para-hydroxylation sites is 1. The molecule has 1 heterocycles. The Morgan fingerprint density at radius 2 is 1.97 bits per heavy atom. The van der Waals surface area contributed by atoms with Gasteiger partial charge in [-0.05, 0) is 38.0 Å². The van der Waals surface area contributed by atoms with Gasteiger partial charge in [0, 0.05) is 56.5 Å². The lowest BCUT2D eigenvalue weighted by molar-refractivity contribution is 0.0494. The number of carbonyl (C=O) groups excluding carboxylic acids is 1. The third-order valence-electron chi connectivity index (χ3n) is 5.54. The highest BCUT2D eigenvalue weighted by Gasteiger charge is 2.27. The van der Waals surface area contributed by atoms with E-state index >= 15 is 0 Å². The predicted octanol–water partition coefficient (Wildman–Crippen LogP) is 3.36. The largest absolute Gasteiger partial charge is 0.494 e. The average Bonchev–Trinajstić information content (AvgIpc) is 2.72. The molecule has 0 aliphatic carbocycles. The maximum atomic E-state index is 11.7. The van der Waals surface area contributed by atoms with Gasteiger partial charge in [-0.1, -0.05) is 36.4 Å². The van der Waals surface area contributed by atoms with E-state index in [1.165, 1.54) is 5.56 Å². The molecule has 1 aliphatic rings. The topological polar surface area (TPSA) is 53.0 Å². The molecule has 1 atom stereocenters. The first-order valence-electron chi connectivity index (χ1n) is 10.5. The van der Waals surface area contributed by atoms with Crippen LogP contribution in [-0.2, 0) is 13.1 Å². The molecule has 156 valence electrons. The molecule has 0 unspecified atom stereocenters. The van der Waals surface area contributed by atoms with E-state index in [1.54, 1.807) is 6.92 Å². The van der Waals surface area contributed by atoms with Crippen LogP contribution in [0.5, 0.6) is 5.75 Å². The molecule has 29 heavy (non-hydrogen) atoms. The van der Waals surface area contributed by atoms with Crippen LogP contribution in [-0.4, -0.2) is 59.6 Å². The maximum absolute atomic E-state index is 11.7. The highest BCUT2D eigenvalue weighted by molar-refractivity contribution is 5.94. The number of hydrogen-bond donors (Lipinski definition) is 1. The van der Waals surface area contributed by atoms with E-state index in [0.29, 0.717) is 12.6 Å². The van der Waals surface area contributed by atoms with Gasteiger partial charge in [0.15, 0.2) is 5.78 Å². The van der Waals surface area contributed by atoms with Gasteiger partial charge < -0.3 is 9.84 Å². The highest BCUT2D eigenvalue weighted by Crippen LogP contribution is 2.24. The predicted molar refractivity (Wildman–Crippen MR) is 115 cm³/mol. The van der Waals surface area contributed by atoms with Gasteiger partial charge in [0.2, 0.25) is 0 Å². The van der Waals surface area contributed by atoms with Gasteiger partial charge in [-0.2, -0.15) is 0 Å². The number of benzene rings is 2. The average molecular weight is 397 g/mol. The van der Waals surface area contributed by atoms with E-state index in [1.807, 2.05) is 37.3 Å². The van der Waals surface area contributed by atoms with Crippen molar-refractivity contribution in [3.8, 4) is 5.75 Å². The lowest BCUT2D eigenvalue weighted by Crippen LogP contribution is -2.52. The summed E-state index contributed by atoms with van der Waals surface area (Å²) in [7, 11) is 0. The molecule has 5 heteroatoms. The summed E-state index contributed by atoms with van der Waals surface area (Å²) in [4.78, 5) is 16.5. The molecular formula is C24H32N2O3. The summed E-state index contributed by atoms with van der Waals surface area (Å²) in [6.45, 7) is 8.91. The maximum Gasteiger partial charge on any atom is 0.159 e. The quantitative estimate of drug-likeness (QED) is 0.659. The van der Waals surface area contributed by atoms with Crippen molar-refractivity contribution in [2.24, 2.45) is 0 Å². The molecule has 0 bridgehead atoms. The zero-order valence-electron chi connectivity index (χ0n) is 17.5. The molecule has 0 saturated carbocycles. The van der Waals surface area contributed by atoms with Crippen LogP contribution in [0.15, 0.2) is 48.5 Å². The smallest absolute Gasteiger partial charge is 0.159 e. The number of rotatable bonds is 9. The first-order valence-corrected chi connectivity index (χ1v) is 10.5. The molecule has 0 amide bonds. The molecule has 1 aliphatic heterocycles. The Hall–Kier alpha value is -2.21. The van der Waals surface area contributed by atoms with Crippen LogP contribution in [0.2, 0.25) is 0 Å². The molecule has 0 spiro atoms. The van der Waals surface area contributed by atoms with Crippen molar-refractivity contribution in [2.45, 2.75) is 39.4 Å². The van der Waals surface area contributed by atoms with Crippen LogP contribution in [0.4, 0.5) is 0 Å². The summed E-state index contributed by atoms with van der Waals surface area (Å²) in [5.74, 6) is 1.05. The Kier molecular flexibility index (Phi) is 7.81. The van der Waals surface area contributed by atoms with E-state index in [-0.39, 0.29) is 12.4 Å². The van der Waals surface area contributed by atoms with E-state index in [0.717, 1.165) is 56.0 Å². The Morgan fingerprint density at radius 1 is 1.14 bits per heavy atom. The second kappa shape index (κ2) is 10.5. The van der Waals surface area contributed by atoms with E-state index in [4.69, 9.17) is 4.74 Å². The normalized spacial score (nSPS) is 18.0. The van der Waals surface area contributed by atoms with Crippen molar-refractivity contribution in [3.05, 3.63) is 65.2 Å². The third-order valence-corrected chi connectivity index (χ3v) is 5.54. The monoisotopic (exact) mass is 396 g/mol. The van der Waals surface area contributed by atoms with Crippen molar-refractivity contribution in [1.29, 1.82) is 0 Å². The summed E-state index contributed by atoms with van der Waals surface area (Å²) < 4.78 is 5.79. The minimum Gasteiger partial charge on any atom is -0.494 e. The molecule has 1 saturated heterocycles. The standard InChI is InChI=1S/C24H32N2O3/c1-3-29-24-10-5-4-8-22(24)17-26-13-12-25(18-23(26)11-14-27)16-20-7-6-9-21(15-20)19(2)28/h4-10,15,23,27H,3,11-14,16-18H2,1-2H3/t23-/m0/s1. The Morgan fingerprint density at radius 3 is 2.72 bits per heavy atom. The van der Waals surface area contributed by atoms with E-state index in [2.05, 4.69) is 28.0 Å². The number of nitrogens with zero attached hydrogens (tertiary/aromatic N) is 2. The Balaban J connectivity index is 1.66. The van der Waals surface area contributed by atoms with Crippen LogP contribution < -0.4 is 4.74 Å². The van der Waals surface area contributed by atoms with Crippen molar-refractivity contribution in [3.63, 3.8) is 0 Å². The highest BCUT2D eigenvalue weighted by atomic mass is 16.5. The lowest BCUT2D eigenvalue weighted by Gasteiger charge is -2.41. The van der Waals surface area contributed by atoms with Gasteiger partial charge in [-0.3, -0.25) is 14.6 Å². The fourth-order valence-corrected chi connectivity index (χ4v) is 4.03. The number of aliphatic hydroxyl groups excluding tert-OH is 1. The number of ketones is 1. The molecule has 3 rings (SSSR count). The molecule has 1 N–H and O–H groups in total. The zero-order valence-corrected chi connectivity index (χ0v) is 17.5. The fraction of sp³-hybridized carbons (Fsp3) is 0.458. The number of ether oxygens (including phenoxy) is 1. The van der Waals surface area contributed by atoms with Crippen LogP contribution >= 0.6 is 0 Å². The zero-order chi connectivity index (χ0) is 20.6. The fourth-order valence-electron chi connectivity index (χ4n) is 4.03. The van der Waals surface area contributed by atoms with Crippen LogP contribution in [0.3, 0.4) is 0 Å². The Bertz CT molecular complexity index is 808. The molecule has 2 aromatic carbocycles. The van der Waals surface area contributed by atoms with Crippen molar-refractivity contribution < 1.29 is 14.6 Å². The first-order chi connectivity index (χ1) is 14.1. The number of piperazine rings is 1. The van der Waals surface area contributed by atoms with Crippen molar-refractivity contribution in [2.75, 3.05) is 32.8 Å². The van der Waals surface area contributed by atoms with Gasteiger partial charge in [0.25, 0.3) is 0 Å². The summed E-state index contributed by atoms with van der Waals surface area (Å²) in [5.41, 5.74) is 3.12. The minimum absolute atomic E-state index is 0.0998. The van der Waals surface area contributed by atoms with Crippen molar-refractivity contribution >= 4 is 5.78 Å². The molecule has 0 radical (unpaired) electrons. The number of hydrogen-bond acceptors (Lipinski definition) is 5. The van der Waals surface area contributed by atoms with Gasteiger partial charge in [-0.25, -0.2) is 0 Å². The van der Waals surface area contributed by atoms with Crippen LogP contribution in [0.25, 0.3) is 0 Å². The molecule has 2 aromatic rings. The molecule has 5 nitrogen and oxygen atoms in total. The Labute approximate surface area is 173 Å². The van der Waals surface area contributed by atoms with Crippen LogP contribution in [0.1, 0.15) is 41.8 Å². The van der Waals surface area contributed by atoms with Gasteiger partial charge >= 0.3 is 0 Å². The second-order valence-electron chi connectivity index (χ2n) is 7.67.